The zero-order valence-electron chi connectivity index (χ0n) is 22.5. The second kappa shape index (κ2) is 11.9. The van der Waals surface area contributed by atoms with Crippen molar-refractivity contribution in [3.8, 4) is 17.5 Å². The molecule has 0 bridgehead atoms. The van der Waals surface area contributed by atoms with Crippen molar-refractivity contribution in [1.82, 2.24) is 24.8 Å². The number of carbonyl (C=O) groups excluding carboxylic acids is 2. The Morgan fingerprint density at radius 1 is 1.26 bits per heavy atom. The van der Waals surface area contributed by atoms with E-state index in [2.05, 4.69) is 31.6 Å². The molecule has 1 saturated heterocycles. The number of imidazole rings is 1. The molecule has 0 aliphatic carbocycles. The number of hydrogen-bond acceptors (Lipinski definition) is 10. The summed E-state index contributed by atoms with van der Waals surface area (Å²) in [6.07, 6.45) is 3.10. The summed E-state index contributed by atoms with van der Waals surface area (Å²) < 4.78 is 12.5. The number of pyridine rings is 1. The van der Waals surface area contributed by atoms with Gasteiger partial charge in [-0.2, -0.15) is 5.26 Å². The Kier molecular flexibility index (Phi) is 8.59. The van der Waals surface area contributed by atoms with Crippen LogP contribution in [0.2, 0.25) is 0 Å². The standard InChI is InChI=1S/C26H32N8O4S/c1-16-9-33(10-17(2)38-16)22-8-6-7-18(29-22)21-13-39-25(31-21)32-24(36)20(12-37-5)30-23(35)19-11-34(15-28-19)26(3,4)14-27/h6-8,11,13,15-17,20H,9-10,12H2,1-5H3,(H,30,35)(H,31,32,36)/t16-,17+,20-/m0/s1. The molecule has 2 N–H and O–H groups in total. The lowest BCUT2D eigenvalue weighted by atomic mass is 10.1. The van der Waals surface area contributed by atoms with Crippen molar-refractivity contribution in [2.75, 3.05) is 37.0 Å². The molecule has 39 heavy (non-hydrogen) atoms. The molecule has 206 valence electrons. The molecule has 2 amide bonds. The smallest absolute Gasteiger partial charge is 0.272 e. The van der Waals surface area contributed by atoms with Crippen LogP contribution in [0.1, 0.15) is 38.2 Å². The number of aromatic nitrogens is 4. The average Bonchev–Trinajstić information content (AvgIpc) is 3.59. The first-order valence-electron chi connectivity index (χ1n) is 12.5. The third-order valence-electron chi connectivity index (χ3n) is 6.16. The Balaban J connectivity index is 1.42. The van der Waals surface area contributed by atoms with Gasteiger partial charge in [0.2, 0.25) is 0 Å². The summed E-state index contributed by atoms with van der Waals surface area (Å²) in [4.78, 5) is 41.4. The summed E-state index contributed by atoms with van der Waals surface area (Å²) in [5.41, 5.74) is 0.530. The number of anilines is 2. The highest BCUT2D eigenvalue weighted by molar-refractivity contribution is 7.14. The van der Waals surface area contributed by atoms with Gasteiger partial charge in [-0.3, -0.25) is 9.59 Å². The van der Waals surface area contributed by atoms with Crippen LogP contribution in [0.4, 0.5) is 10.9 Å². The maximum Gasteiger partial charge on any atom is 0.272 e. The molecule has 0 saturated carbocycles. The molecule has 0 spiro atoms. The number of morpholine rings is 1. The van der Waals surface area contributed by atoms with Crippen LogP contribution in [-0.4, -0.2) is 76.4 Å². The molecule has 3 aromatic rings. The van der Waals surface area contributed by atoms with Gasteiger partial charge in [0.25, 0.3) is 11.8 Å². The predicted molar refractivity (Wildman–Crippen MR) is 146 cm³/mol. The Hall–Kier alpha value is -3.86. The number of hydrogen-bond donors (Lipinski definition) is 2. The maximum absolute atomic E-state index is 13.0. The zero-order chi connectivity index (χ0) is 28.2. The number of nitriles is 1. The van der Waals surface area contributed by atoms with Gasteiger partial charge in [0.05, 0.1) is 36.9 Å². The summed E-state index contributed by atoms with van der Waals surface area (Å²) in [7, 11) is 1.44. The van der Waals surface area contributed by atoms with E-state index in [1.807, 2.05) is 37.4 Å². The van der Waals surface area contributed by atoms with Crippen molar-refractivity contribution in [3.05, 3.63) is 41.8 Å². The molecule has 1 aliphatic rings. The van der Waals surface area contributed by atoms with E-state index < -0.39 is 23.4 Å². The van der Waals surface area contributed by atoms with Gasteiger partial charge < -0.3 is 29.6 Å². The summed E-state index contributed by atoms with van der Waals surface area (Å²) in [5, 5.41) is 16.9. The SMILES string of the molecule is COC[C@H](NC(=O)c1cn(C(C)(C)C#N)cn1)C(=O)Nc1nc(-c2cccc(N3C[C@@H](C)O[C@@H](C)C3)n2)cs1. The van der Waals surface area contributed by atoms with Gasteiger partial charge in [0.1, 0.15) is 28.8 Å². The minimum atomic E-state index is -0.990. The molecule has 12 nitrogen and oxygen atoms in total. The van der Waals surface area contributed by atoms with Crippen molar-refractivity contribution in [1.29, 1.82) is 5.26 Å². The highest BCUT2D eigenvalue weighted by atomic mass is 32.1. The Labute approximate surface area is 231 Å². The number of amides is 2. The fraction of sp³-hybridized carbons (Fsp3) is 0.462. The molecular formula is C26H32N8O4S. The quantitative estimate of drug-likeness (QED) is 0.409. The number of nitrogens with one attached hydrogen (secondary N) is 2. The van der Waals surface area contributed by atoms with Gasteiger partial charge in [-0.1, -0.05) is 6.07 Å². The fourth-order valence-electron chi connectivity index (χ4n) is 4.13. The van der Waals surface area contributed by atoms with Crippen molar-refractivity contribution in [2.24, 2.45) is 0 Å². The summed E-state index contributed by atoms with van der Waals surface area (Å²) in [5.74, 6) is -0.204. The van der Waals surface area contributed by atoms with E-state index in [9.17, 15) is 14.9 Å². The third-order valence-corrected chi connectivity index (χ3v) is 6.92. The van der Waals surface area contributed by atoms with Crippen LogP contribution in [0.3, 0.4) is 0 Å². The molecular weight excluding hydrogens is 520 g/mol. The van der Waals surface area contributed by atoms with Crippen LogP contribution in [0.5, 0.6) is 0 Å². The van der Waals surface area contributed by atoms with Crippen LogP contribution in [0.25, 0.3) is 11.4 Å². The lowest BCUT2D eigenvalue weighted by Gasteiger charge is -2.36. The average molecular weight is 553 g/mol. The van der Waals surface area contributed by atoms with Crippen LogP contribution < -0.4 is 15.5 Å². The number of thiazole rings is 1. The van der Waals surface area contributed by atoms with Crippen LogP contribution in [0.15, 0.2) is 36.1 Å². The van der Waals surface area contributed by atoms with Crippen molar-refractivity contribution in [3.63, 3.8) is 0 Å². The van der Waals surface area contributed by atoms with Crippen LogP contribution in [0, 0.1) is 11.3 Å². The van der Waals surface area contributed by atoms with E-state index in [0.29, 0.717) is 16.5 Å². The summed E-state index contributed by atoms with van der Waals surface area (Å²) in [6.45, 7) is 8.95. The lowest BCUT2D eigenvalue weighted by molar-refractivity contribution is -0.119. The van der Waals surface area contributed by atoms with Crippen molar-refractivity contribution in [2.45, 2.75) is 51.5 Å². The number of ether oxygens (including phenoxy) is 2. The minimum Gasteiger partial charge on any atom is -0.382 e. The lowest BCUT2D eigenvalue weighted by Crippen LogP contribution is -2.46. The van der Waals surface area contributed by atoms with Gasteiger partial charge >= 0.3 is 0 Å². The molecule has 3 aromatic heterocycles. The van der Waals surface area contributed by atoms with E-state index in [0.717, 1.165) is 18.9 Å². The molecule has 1 aliphatic heterocycles. The van der Waals surface area contributed by atoms with Gasteiger partial charge in [0.15, 0.2) is 5.13 Å². The number of carbonyl (C=O) groups is 2. The van der Waals surface area contributed by atoms with E-state index in [-0.39, 0.29) is 24.5 Å². The van der Waals surface area contributed by atoms with Crippen molar-refractivity contribution >= 4 is 34.1 Å². The number of methoxy groups -OCH3 is 1. The summed E-state index contributed by atoms with van der Waals surface area (Å²) in [6, 6.07) is 6.92. The van der Waals surface area contributed by atoms with Gasteiger partial charge in [-0.25, -0.2) is 15.0 Å². The van der Waals surface area contributed by atoms with E-state index >= 15 is 0 Å². The number of nitrogens with zero attached hydrogens (tertiary/aromatic N) is 6. The second-order valence-electron chi connectivity index (χ2n) is 9.89. The fourth-order valence-corrected chi connectivity index (χ4v) is 4.84. The van der Waals surface area contributed by atoms with Gasteiger partial charge in [-0.05, 0) is 39.8 Å². The maximum atomic E-state index is 13.0. The number of rotatable bonds is 9. The topological polar surface area (TPSA) is 147 Å². The first-order chi connectivity index (χ1) is 18.6. The van der Waals surface area contributed by atoms with E-state index in [1.54, 1.807) is 13.8 Å². The zero-order valence-corrected chi connectivity index (χ0v) is 23.4. The van der Waals surface area contributed by atoms with E-state index in [1.165, 1.54) is 35.5 Å². The molecule has 4 rings (SSSR count). The summed E-state index contributed by atoms with van der Waals surface area (Å²) >= 11 is 1.26. The van der Waals surface area contributed by atoms with Crippen molar-refractivity contribution < 1.29 is 19.1 Å². The molecule has 4 heterocycles. The monoisotopic (exact) mass is 552 g/mol. The van der Waals surface area contributed by atoms with Gasteiger partial charge in [-0.15, -0.1) is 11.3 Å². The van der Waals surface area contributed by atoms with Crippen LogP contribution in [-0.2, 0) is 19.8 Å². The highest BCUT2D eigenvalue weighted by Gasteiger charge is 2.26. The minimum absolute atomic E-state index is 0.0554. The molecule has 13 heteroatoms. The molecule has 0 radical (unpaired) electrons. The Morgan fingerprint density at radius 3 is 2.69 bits per heavy atom. The molecule has 1 fully saturated rings. The molecule has 0 aromatic carbocycles. The van der Waals surface area contributed by atoms with Crippen LogP contribution >= 0.6 is 11.3 Å². The molecule has 0 unspecified atom stereocenters. The normalized spacial score (nSPS) is 18.3. The molecule has 3 atom stereocenters. The predicted octanol–water partition coefficient (Wildman–Crippen LogP) is 2.66. The highest BCUT2D eigenvalue weighted by Crippen LogP contribution is 2.26. The first-order valence-corrected chi connectivity index (χ1v) is 13.4. The van der Waals surface area contributed by atoms with Gasteiger partial charge in [0, 0.05) is 31.8 Å². The first kappa shape index (κ1) is 28.2. The van der Waals surface area contributed by atoms with E-state index in [4.69, 9.17) is 14.5 Å². The largest absolute Gasteiger partial charge is 0.382 e. The third kappa shape index (κ3) is 6.78. The Bertz CT molecular complexity index is 1350. The second-order valence-corrected chi connectivity index (χ2v) is 10.7. The Morgan fingerprint density at radius 2 is 2.00 bits per heavy atom.